The molecule has 0 heterocycles. The number of amides is 1. The molecule has 0 radical (unpaired) electrons. The number of carbonyl (C=O) groups excluding carboxylic acids is 1. The summed E-state index contributed by atoms with van der Waals surface area (Å²) < 4.78 is 0. The molecule has 1 N–H and O–H groups in total. The molecule has 0 aliphatic heterocycles. The summed E-state index contributed by atoms with van der Waals surface area (Å²) in [7, 11) is 1.89. The van der Waals surface area contributed by atoms with Gasteiger partial charge in [0.25, 0.3) is 0 Å². The Morgan fingerprint density at radius 2 is 1.94 bits per heavy atom. The van der Waals surface area contributed by atoms with Crippen LogP contribution in [0.5, 0.6) is 0 Å². The van der Waals surface area contributed by atoms with Crippen molar-refractivity contribution in [1.82, 2.24) is 4.90 Å². The molecular weight excluding hydrogens is 214 g/mol. The van der Waals surface area contributed by atoms with Gasteiger partial charge >= 0.3 is 0 Å². The van der Waals surface area contributed by atoms with E-state index in [4.69, 9.17) is 0 Å². The highest BCUT2D eigenvalue weighted by Gasteiger charge is 2.38. The van der Waals surface area contributed by atoms with Crippen molar-refractivity contribution in [3.05, 3.63) is 0 Å². The van der Waals surface area contributed by atoms with Gasteiger partial charge < -0.3 is 10.0 Å². The van der Waals surface area contributed by atoms with Crippen molar-refractivity contribution in [1.29, 1.82) is 0 Å². The largest absolute Gasteiger partial charge is 0.393 e. The molecule has 0 aromatic carbocycles. The maximum atomic E-state index is 11.6. The predicted octanol–water partition coefficient (Wildman–Crippen LogP) is 2.43. The lowest BCUT2D eigenvalue weighted by Crippen LogP contribution is -2.47. The first-order valence-electron chi connectivity index (χ1n) is 6.94. The van der Waals surface area contributed by atoms with Crippen LogP contribution in [0.4, 0.5) is 0 Å². The van der Waals surface area contributed by atoms with Gasteiger partial charge in [0.05, 0.1) is 6.10 Å². The normalized spacial score (nSPS) is 26.2. The molecule has 17 heavy (non-hydrogen) atoms. The Balaban J connectivity index is 2.88. The molecule has 1 amide bonds. The van der Waals surface area contributed by atoms with Crippen LogP contribution < -0.4 is 0 Å². The maximum Gasteiger partial charge on any atom is 0.219 e. The number of aliphatic hydroxyl groups excluding tert-OH is 1. The molecule has 0 aromatic heterocycles. The van der Waals surface area contributed by atoms with E-state index in [0.717, 1.165) is 32.1 Å². The van der Waals surface area contributed by atoms with Gasteiger partial charge in [0.15, 0.2) is 0 Å². The molecule has 0 spiro atoms. The van der Waals surface area contributed by atoms with Crippen molar-refractivity contribution in [2.24, 2.45) is 11.8 Å². The monoisotopic (exact) mass is 241 g/mol. The minimum Gasteiger partial charge on any atom is -0.393 e. The first-order chi connectivity index (χ1) is 8.02. The Morgan fingerprint density at radius 3 is 2.29 bits per heavy atom. The molecular formula is C14H27NO2. The smallest absolute Gasteiger partial charge is 0.219 e. The molecule has 1 fully saturated rings. The summed E-state index contributed by atoms with van der Waals surface area (Å²) in [6.45, 7) is 5.98. The average molecular weight is 241 g/mol. The van der Waals surface area contributed by atoms with Crippen LogP contribution in [0.1, 0.15) is 52.9 Å². The molecule has 0 saturated heterocycles. The first-order valence-corrected chi connectivity index (χ1v) is 6.94. The summed E-state index contributed by atoms with van der Waals surface area (Å²) in [5.74, 6) is 0.886. The Kier molecular flexibility index (Phi) is 5.44. The standard InChI is InChI=1S/C14H27NO2/c1-5-11(6-2)14(15(4)10(3)16)12-8-7-9-13(12)17/h11-14,17H,5-9H2,1-4H3. The minimum atomic E-state index is -0.220. The second-order valence-corrected chi connectivity index (χ2v) is 5.36. The van der Waals surface area contributed by atoms with Gasteiger partial charge in [-0.05, 0) is 18.8 Å². The number of nitrogens with zero attached hydrogens (tertiary/aromatic N) is 1. The van der Waals surface area contributed by atoms with E-state index in [2.05, 4.69) is 13.8 Å². The first kappa shape index (κ1) is 14.5. The van der Waals surface area contributed by atoms with Crippen molar-refractivity contribution in [2.45, 2.75) is 65.0 Å². The van der Waals surface area contributed by atoms with Crippen LogP contribution in [0, 0.1) is 11.8 Å². The van der Waals surface area contributed by atoms with Crippen LogP contribution in [0.15, 0.2) is 0 Å². The second kappa shape index (κ2) is 6.39. The van der Waals surface area contributed by atoms with Crippen molar-refractivity contribution in [2.75, 3.05) is 7.05 Å². The third-order valence-corrected chi connectivity index (χ3v) is 4.45. The molecule has 3 atom stereocenters. The minimum absolute atomic E-state index is 0.112. The molecule has 100 valence electrons. The summed E-state index contributed by atoms with van der Waals surface area (Å²) in [5.41, 5.74) is 0. The quantitative estimate of drug-likeness (QED) is 0.803. The molecule has 1 aliphatic carbocycles. The van der Waals surface area contributed by atoms with E-state index in [1.165, 1.54) is 0 Å². The van der Waals surface area contributed by atoms with Crippen molar-refractivity contribution < 1.29 is 9.90 Å². The lowest BCUT2D eigenvalue weighted by atomic mass is 9.82. The lowest BCUT2D eigenvalue weighted by molar-refractivity contribution is -0.133. The summed E-state index contributed by atoms with van der Waals surface area (Å²) in [6.07, 6.45) is 4.97. The molecule has 3 nitrogen and oxygen atoms in total. The van der Waals surface area contributed by atoms with Crippen LogP contribution in [0.2, 0.25) is 0 Å². The average Bonchev–Trinajstić information content (AvgIpc) is 2.71. The topological polar surface area (TPSA) is 40.5 Å². The Bertz CT molecular complexity index is 251. The Labute approximate surface area is 105 Å². The van der Waals surface area contributed by atoms with E-state index in [-0.39, 0.29) is 24.0 Å². The molecule has 0 bridgehead atoms. The SMILES string of the molecule is CCC(CC)C(C1CCCC1O)N(C)C(C)=O. The fourth-order valence-corrected chi connectivity index (χ4v) is 3.30. The molecule has 3 unspecified atom stereocenters. The highest BCUT2D eigenvalue weighted by Crippen LogP contribution is 2.35. The van der Waals surface area contributed by atoms with Gasteiger partial charge in [-0.25, -0.2) is 0 Å². The zero-order valence-corrected chi connectivity index (χ0v) is 11.6. The van der Waals surface area contributed by atoms with Crippen LogP contribution in [-0.4, -0.2) is 35.1 Å². The summed E-state index contributed by atoms with van der Waals surface area (Å²) >= 11 is 0. The molecule has 0 aromatic rings. The van der Waals surface area contributed by atoms with Gasteiger partial charge in [-0.1, -0.05) is 33.1 Å². The van der Waals surface area contributed by atoms with E-state index >= 15 is 0 Å². The molecule has 1 saturated carbocycles. The summed E-state index contributed by atoms with van der Waals surface area (Å²) in [6, 6.07) is 0.208. The van der Waals surface area contributed by atoms with Gasteiger partial charge in [0.2, 0.25) is 5.91 Å². The summed E-state index contributed by atoms with van der Waals surface area (Å²) in [5, 5.41) is 10.1. The third-order valence-electron chi connectivity index (χ3n) is 4.45. The van der Waals surface area contributed by atoms with Crippen molar-refractivity contribution >= 4 is 5.91 Å². The lowest BCUT2D eigenvalue weighted by Gasteiger charge is -2.39. The zero-order chi connectivity index (χ0) is 13.0. The van der Waals surface area contributed by atoms with Gasteiger partial charge in [0.1, 0.15) is 0 Å². The summed E-state index contributed by atoms with van der Waals surface area (Å²) in [4.78, 5) is 13.5. The van der Waals surface area contributed by atoms with E-state index < -0.39 is 0 Å². The van der Waals surface area contributed by atoms with E-state index in [1.54, 1.807) is 6.92 Å². The predicted molar refractivity (Wildman–Crippen MR) is 69.7 cm³/mol. The third kappa shape index (κ3) is 3.21. The van der Waals surface area contributed by atoms with E-state index in [9.17, 15) is 9.90 Å². The van der Waals surface area contributed by atoms with Gasteiger partial charge in [-0.15, -0.1) is 0 Å². The van der Waals surface area contributed by atoms with E-state index in [0.29, 0.717) is 5.92 Å². The number of hydrogen-bond acceptors (Lipinski definition) is 2. The second-order valence-electron chi connectivity index (χ2n) is 5.36. The Hall–Kier alpha value is -0.570. The van der Waals surface area contributed by atoms with Crippen LogP contribution in [-0.2, 0) is 4.79 Å². The molecule has 1 rings (SSSR count). The van der Waals surface area contributed by atoms with Gasteiger partial charge in [-0.2, -0.15) is 0 Å². The van der Waals surface area contributed by atoms with E-state index in [1.807, 2.05) is 11.9 Å². The zero-order valence-electron chi connectivity index (χ0n) is 11.6. The van der Waals surface area contributed by atoms with Crippen LogP contribution >= 0.6 is 0 Å². The number of hydrogen-bond donors (Lipinski definition) is 1. The molecule has 3 heteroatoms. The maximum absolute atomic E-state index is 11.6. The number of rotatable bonds is 5. The molecule has 1 aliphatic rings. The van der Waals surface area contributed by atoms with Crippen LogP contribution in [0.3, 0.4) is 0 Å². The van der Waals surface area contributed by atoms with Crippen LogP contribution in [0.25, 0.3) is 0 Å². The Morgan fingerprint density at radius 1 is 1.35 bits per heavy atom. The fourth-order valence-electron chi connectivity index (χ4n) is 3.30. The highest BCUT2D eigenvalue weighted by atomic mass is 16.3. The van der Waals surface area contributed by atoms with Gasteiger partial charge in [-0.3, -0.25) is 4.79 Å². The number of aliphatic hydroxyl groups is 1. The highest BCUT2D eigenvalue weighted by molar-refractivity contribution is 5.73. The van der Waals surface area contributed by atoms with Crippen molar-refractivity contribution in [3.8, 4) is 0 Å². The fraction of sp³-hybridized carbons (Fsp3) is 0.929. The number of carbonyl (C=O) groups is 1. The van der Waals surface area contributed by atoms with Gasteiger partial charge in [0, 0.05) is 25.9 Å². The van der Waals surface area contributed by atoms with Crippen molar-refractivity contribution in [3.63, 3.8) is 0 Å².